The zero-order valence-corrected chi connectivity index (χ0v) is 11.1. The molecule has 1 atom stereocenters. The van der Waals surface area contributed by atoms with Crippen LogP contribution in [0, 0.1) is 0 Å². The number of hydrogen-bond acceptors (Lipinski definition) is 2. The lowest BCUT2D eigenvalue weighted by Crippen LogP contribution is -2.37. The molecule has 2 aliphatic rings. The van der Waals surface area contributed by atoms with Gasteiger partial charge in [0.15, 0.2) is 0 Å². The third-order valence-corrected chi connectivity index (χ3v) is 3.74. The second kappa shape index (κ2) is 5.10. The summed E-state index contributed by atoms with van der Waals surface area (Å²) in [5.41, 5.74) is 2.49. The fourth-order valence-corrected chi connectivity index (χ4v) is 2.91. The van der Waals surface area contributed by atoms with Gasteiger partial charge in [-0.15, -0.1) is 0 Å². The van der Waals surface area contributed by atoms with Crippen molar-refractivity contribution in [3.63, 3.8) is 0 Å². The van der Waals surface area contributed by atoms with E-state index in [1.165, 1.54) is 5.57 Å². The molecule has 98 valence electrons. The molecule has 1 amide bonds. The van der Waals surface area contributed by atoms with Crippen molar-refractivity contribution in [3.8, 4) is 0 Å². The van der Waals surface area contributed by atoms with Crippen LogP contribution in [0.3, 0.4) is 0 Å². The van der Waals surface area contributed by atoms with Crippen molar-refractivity contribution in [2.45, 2.75) is 32.2 Å². The van der Waals surface area contributed by atoms with Crippen LogP contribution in [-0.4, -0.2) is 18.5 Å². The average Bonchev–Trinajstić information content (AvgIpc) is 2.80. The quantitative estimate of drug-likeness (QED) is 0.880. The second-order valence-corrected chi connectivity index (χ2v) is 5.08. The van der Waals surface area contributed by atoms with E-state index in [1.807, 2.05) is 12.1 Å². The largest absolute Gasteiger partial charge is 0.310 e. The van der Waals surface area contributed by atoms with E-state index >= 15 is 0 Å². The minimum atomic E-state index is -0.140. The lowest BCUT2D eigenvalue weighted by Gasteiger charge is -2.26. The Morgan fingerprint density at radius 1 is 1.42 bits per heavy atom. The van der Waals surface area contributed by atoms with Crippen LogP contribution in [0.25, 0.3) is 11.6 Å². The topological polar surface area (TPSA) is 41.5 Å². The molecule has 2 heterocycles. The minimum absolute atomic E-state index is 0.140. The number of rotatable bonds is 3. The number of carbonyl (C=O) groups excluding carboxylic acids is 1. The highest BCUT2D eigenvalue weighted by Crippen LogP contribution is 2.22. The van der Waals surface area contributed by atoms with Crippen molar-refractivity contribution in [1.82, 2.24) is 5.32 Å². The molecule has 19 heavy (non-hydrogen) atoms. The smallest absolute Gasteiger partial charge is 0.270 e. The molecule has 3 heteroatoms. The molecular weight excluding hydrogens is 236 g/mol. The lowest BCUT2D eigenvalue weighted by atomic mass is 9.90. The van der Waals surface area contributed by atoms with E-state index in [0.29, 0.717) is 6.04 Å². The van der Waals surface area contributed by atoms with Crippen LogP contribution in [0.15, 0.2) is 29.3 Å². The predicted octanol–water partition coefficient (Wildman–Crippen LogP) is 1.17. The molecule has 3 nitrogen and oxygen atoms in total. The number of amides is 1. The van der Waals surface area contributed by atoms with Crippen molar-refractivity contribution in [2.24, 2.45) is 4.99 Å². The van der Waals surface area contributed by atoms with E-state index in [4.69, 9.17) is 0 Å². The maximum atomic E-state index is 11.5. The molecule has 2 aliphatic heterocycles. The monoisotopic (exact) mass is 254 g/mol. The molecule has 0 fully saturated rings. The summed E-state index contributed by atoms with van der Waals surface area (Å²) in [6.07, 6.45) is 7.29. The zero-order valence-electron chi connectivity index (χ0n) is 11.1. The van der Waals surface area contributed by atoms with Gasteiger partial charge in [0.05, 0.1) is 5.36 Å². The van der Waals surface area contributed by atoms with Crippen molar-refractivity contribution in [1.29, 1.82) is 0 Å². The summed E-state index contributed by atoms with van der Waals surface area (Å²) < 4.78 is 0. The normalized spacial score (nSPS) is 21.4. The molecule has 0 aliphatic carbocycles. The Bertz CT molecular complexity index is 658. The van der Waals surface area contributed by atoms with Crippen molar-refractivity contribution in [2.75, 3.05) is 6.54 Å². The number of benzene rings is 1. The number of fused-ring (bicyclic) bond motifs is 1. The first kappa shape index (κ1) is 12.3. The third-order valence-electron chi connectivity index (χ3n) is 3.74. The van der Waals surface area contributed by atoms with Gasteiger partial charge in [0.2, 0.25) is 0 Å². The van der Waals surface area contributed by atoms with E-state index in [1.54, 1.807) is 6.08 Å². The highest BCUT2D eigenvalue weighted by Gasteiger charge is 2.20. The van der Waals surface area contributed by atoms with E-state index in [9.17, 15) is 4.79 Å². The van der Waals surface area contributed by atoms with Crippen molar-refractivity contribution in [3.05, 3.63) is 40.4 Å². The molecule has 1 aromatic carbocycles. The maximum absolute atomic E-state index is 11.5. The summed E-state index contributed by atoms with van der Waals surface area (Å²) in [6.45, 7) is 3.24. The first-order chi connectivity index (χ1) is 9.29. The Kier molecular flexibility index (Phi) is 3.30. The van der Waals surface area contributed by atoms with Gasteiger partial charge in [-0.2, -0.15) is 0 Å². The number of carbonyl (C=O) groups is 1. The van der Waals surface area contributed by atoms with Gasteiger partial charge < -0.3 is 5.32 Å². The van der Waals surface area contributed by atoms with Crippen LogP contribution in [0.5, 0.6) is 0 Å². The van der Waals surface area contributed by atoms with E-state index in [0.717, 1.165) is 41.9 Å². The van der Waals surface area contributed by atoms with Gasteiger partial charge in [-0.25, -0.2) is 4.99 Å². The summed E-state index contributed by atoms with van der Waals surface area (Å²) in [4.78, 5) is 15.5. The standard InChI is InChI=1S/C16H18N2O/c1-2-5-14-12(7-4-9-17-14)11-6-3-8-15-13(11)10-16(19)18-15/h3,6-8,10,14,17H,2,4-5,9H2,1H3. The molecule has 0 bridgehead atoms. The molecular formula is C16H18N2O. The first-order valence-corrected chi connectivity index (χ1v) is 6.97. The summed E-state index contributed by atoms with van der Waals surface area (Å²) >= 11 is 0. The summed E-state index contributed by atoms with van der Waals surface area (Å²) in [5.74, 6) is -0.140. The Labute approximate surface area is 112 Å². The molecule has 0 saturated carbocycles. The Morgan fingerprint density at radius 3 is 3.16 bits per heavy atom. The average molecular weight is 254 g/mol. The van der Waals surface area contributed by atoms with Gasteiger partial charge in [0, 0.05) is 17.3 Å². The Balaban J connectivity index is 2.11. The number of hydrogen-bond donors (Lipinski definition) is 1. The molecule has 3 rings (SSSR count). The molecule has 1 aromatic rings. The van der Waals surface area contributed by atoms with Crippen LogP contribution < -0.4 is 15.9 Å². The van der Waals surface area contributed by atoms with Crippen LogP contribution in [-0.2, 0) is 4.79 Å². The van der Waals surface area contributed by atoms with Gasteiger partial charge in [0.1, 0.15) is 0 Å². The lowest BCUT2D eigenvalue weighted by molar-refractivity contribution is -0.112. The van der Waals surface area contributed by atoms with Crippen molar-refractivity contribution >= 4 is 17.6 Å². The van der Waals surface area contributed by atoms with Gasteiger partial charge in [-0.05, 0) is 36.6 Å². The second-order valence-electron chi connectivity index (χ2n) is 5.08. The van der Waals surface area contributed by atoms with Gasteiger partial charge in [0.25, 0.3) is 5.91 Å². The summed E-state index contributed by atoms with van der Waals surface area (Å²) in [7, 11) is 0. The van der Waals surface area contributed by atoms with Crippen LogP contribution in [0.4, 0.5) is 0 Å². The zero-order chi connectivity index (χ0) is 13.2. The van der Waals surface area contributed by atoms with E-state index < -0.39 is 0 Å². The third kappa shape index (κ3) is 2.26. The molecule has 0 aromatic heterocycles. The predicted molar refractivity (Wildman–Crippen MR) is 76.0 cm³/mol. The highest BCUT2D eigenvalue weighted by atomic mass is 16.1. The first-order valence-electron chi connectivity index (χ1n) is 6.97. The molecule has 1 unspecified atom stereocenters. The van der Waals surface area contributed by atoms with Gasteiger partial charge in [-0.3, -0.25) is 4.79 Å². The van der Waals surface area contributed by atoms with E-state index in [2.05, 4.69) is 29.4 Å². The number of nitrogens with zero attached hydrogens (tertiary/aromatic N) is 1. The van der Waals surface area contributed by atoms with Crippen LogP contribution in [0.2, 0.25) is 0 Å². The van der Waals surface area contributed by atoms with Crippen LogP contribution in [0.1, 0.15) is 31.7 Å². The SMILES string of the molecule is CCCC1NCCC=C1c1cccc2c1=CC(=O)N=2. The highest BCUT2D eigenvalue weighted by molar-refractivity contribution is 6.07. The fourth-order valence-electron chi connectivity index (χ4n) is 2.91. The molecule has 0 radical (unpaired) electrons. The molecule has 0 saturated heterocycles. The summed E-state index contributed by atoms with van der Waals surface area (Å²) in [6, 6.07) is 6.40. The Hall–Kier alpha value is -1.74. The van der Waals surface area contributed by atoms with Crippen LogP contribution >= 0.6 is 0 Å². The van der Waals surface area contributed by atoms with Crippen molar-refractivity contribution < 1.29 is 4.79 Å². The summed E-state index contributed by atoms with van der Waals surface area (Å²) in [5, 5.41) is 5.37. The Morgan fingerprint density at radius 2 is 2.32 bits per heavy atom. The minimum Gasteiger partial charge on any atom is -0.310 e. The van der Waals surface area contributed by atoms with E-state index in [-0.39, 0.29) is 5.91 Å². The van der Waals surface area contributed by atoms with Gasteiger partial charge in [-0.1, -0.05) is 31.6 Å². The fraction of sp³-hybridized carbons (Fsp3) is 0.375. The number of nitrogens with one attached hydrogen (secondary N) is 1. The molecule has 1 N–H and O–H groups in total. The molecule has 0 spiro atoms. The maximum Gasteiger partial charge on any atom is 0.270 e. The van der Waals surface area contributed by atoms with Gasteiger partial charge >= 0.3 is 0 Å².